The van der Waals surface area contributed by atoms with Gasteiger partial charge < -0.3 is 15.2 Å². The standard InChI is InChI=1S/C6H8ClN3O3/c1-4-5(10(12)13)9(2-3-11)6(7)8-4/h11H,2-3H2,1H3. The summed E-state index contributed by atoms with van der Waals surface area (Å²) in [7, 11) is 0. The summed E-state index contributed by atoms with van der Waals surface area (Å²) in [6.45, 7) is 1.37. The maximum atomic E-state index is 10.5. The highest BCUT2D eigenvalue weighted by Gasteiger charge is 2.22. The fourth-order valence-electron chi connectivity index (χ4n) is 1.06. The molecule has 1 heterocycles. The minimum absolute atomic E-state index is 0.0262. The molecule has 1 N–H and O–H groups in total. The SMILES string of the molecule is Cc1nc(Cl)n(CCO)c1[N+](=O)[O-]. The van der Waals surface area contributed by atoms with Gasteiger partial charge in [-0.1, -0.05) is 0 Å². The molecule has 0 aliphatic rings. The van der Waals surface area contributed by atoms with Crippen LogP contribution in [0.5, 0.6) is 0 Å². The van der Waals surface area contributed by atoms with E-state index in [0.29, 0.717) is 0 Å². The van der Waals surface area contributed by atoms with Crippen LogP contribution in [-0.4, -0.2) is 26.2 Å². The molecule has 13 heavy (non-hydrogen) atoms. The molecule has 7 heteroatoms. The second-order valence-electron chi connectivity index (χ2n) is 2.42. The highest BCUT2D eigenvalue weighted by atomic mass is 35.5. The first kappa shape index (κ1) is 9.94. The zero-order valence-corrected chi connectivity index (χ0v) is 7.65. The first-order valence-corrected chi connectivity index (χ1v) is 3.93. The Morgan fingerprint density at radius 2 is 2.38 bits per heavy atom. The maximum absolute atomic E-state index is 10.5. The quantitative estimate of drug-likeness (QED) is 0.583. The Balaban J connectivity index is 3.20. The van der Waals surface area contributed by atoms with Gasteiger partial charge in [0.1, 0.15) is 12.2 Å². The number of halogens is 1. The van der Waals surface area contributed by atoms with Crippen LogP contribution in [0.2, 0.25) is 5.28 Å². The van der Waals surface area contributed by atoms with Crippen LogP contribution in [0.15, 0.2) is 0 Å². The van der Waals surface area contributed by atoms with Crippen molar-refractivity contribution in [2.75, 3.05) is 6.61 Å². The zero-order chi connectivity index (χ0) is 10.0. The van der Waals surface area contributed by atoms with Crippen LogP contribution in [0.3, 0.4) is 0 Å². The summed E-state index contributed by atoms with van der Waals surface area (Å²) < 4.78 is 1.16. The van der Waals surface area contributed by atoms with Crippen LogP contribution in [0.4, 0.5) is 5.82 Å². The molecule has 0 aliphatic heterocycles. The first-order valence-electron chi connectivity index (χ1n) is 3.55. The number of hydrogen-bond acceptors (Lipinski definition) is 4. The lowest BCUT2D eigenvalue weighted by Gasteiger charge is -1.98. The lowest BCUT2D eigenvalue weighted by molar-refractivity contribution is -0.392. The number of aliphatic hydroxyl groups is 1. The van der Waals surface area contributed by atoms with Crippen molar-refractivity contribution in [2.24, 2.45) is 0 Å². The van der Waals surface area contributed by atoms with Gasteiger partial charge in [-0.3, -0.25) is 0 Å². The Kier molecular flexibility index (Phi) is 2.84. The Morgan fingerprint density at radius 3 is 2.85 bits per heavy atom. The van der Waals surface area contributed by atoms with Gasteiger partial charge in [0.15, 0.2) is 0 Å². The molecule has 0 saturated heterocycles. The van der Waals surface area contributed by atoms with E-state index < -0.39 is 4.92 Å². The molecule has 72 valence electrons. The number of aryl methyl sites for hydroxylation is 1. The van der Waals surface area contributed by atoms with E-state index >= 15 is 0 Å². The predicted octanol–water partition coefficient (Wildman–Crippen LogP) is 0.745. The van der Waals surface area contributed by atoms with Crippen LogP contribution in [-0.2, 0) is 6.54 Å². The van der Waals surface area contributed by atoms with E-state index in [9.17, 15) is 10.1 Å². The van der Waals surface area contributed by atoms with Crippen LogP contribution in [0.25, 0.3) is 0 Å². The Hall–Kier alpha value is -1.14. The van der Waals surface area contributed by atoms with E-state index in [-0.39, 0.29) is 29.9 Å². The number of aromatic nitrogens is 2. The topological polar surface area (TPSA) is 81.2 Å². The summed E-state index contributed by atoms with van der Waals surface area (Å²) in [4.78, 5) is 13.7. The average molecular weight is 206 g/mol. The van der Waals surface area contributed by atoms with Crippen molar-refractivity contribution in [1.82, 2.24) is 9.55 Å². The molecule has 1 rings (SSSR count). The highest BCUT2D eigenvalue weighted by molar-refractivity contribution is 6.28. The minimum Gasteiger partial charge on any atom is -0.392 e. The number of rotatable bonds is 3. The van der Waals surface area contributed by atoms with Gasteiger partial charge in [-0.2, -0.15) is 9.55 Å². The summed E-state index contributed by atoms with van der Waals surface area (Å²) in [6.07, 6.45) is 0. The highest BCUT2D eigenvalue weighted by Crippen LogP contribution is 2.22. The second kappa shape index (κ2) is 3.71. The van der Waals surface area contributed by atoms with Crippen molar-refractivity contribution in [3.05, 3.63) is 21.1 Å². The second-order valence-corrected chi connectivity index (χ2v) is 2.76. The van der Waals surface area contributed by atoms with Gasteiger partial charge in [-0.05, 0) is 23.4 Å². The molecular formula is C6H8ClN3O3. The minimum atomic E-state index is -0.566. The summed E-state index contributed by atoms with van der Waals surface area (Å²) in [6, 6.07) is 0. The number of nitrogens with zero attached hydrogens (tertiary/aromatic N) is 3. The lowest BCUT2D eigenvalue weighted by atomic mass is 10.5. The molecule has 1 aromatic heterocycles. The monoisotopic (exact) mass is 205 g/mol. The predicted molar refractivity (Wildman–Crippen MR) is 45.7 cm³/mol. The van der Waals surface area contributed by atoms with Gasteiger partial charge in [-0.15, -0.1) is 0 Å². The Bertz CT molecular complexity index is 336. The summed E-state index contributed by atoms with van der Waals surface area (Å²) in [5.41, 5.74) is 0.253. The van der Waals surface area contributed by atoms with E-state index in [1.807, 2.05) is 0 Å². The number of nitro groups is 1. The molecule has 0 amide bonds. The third-order valence-electron chi connectivity index (χ3n) is 1.56. The average Bonchev–Trinajstić information content (AvgIpc) is 2.27. The third kappa shape index (κ3) is 1.78. The first-order chi connectivity index (χ1) is 6.07. The van der Waals surface area contributed by atoms with Gasteiger partial charge in [-0.25, -0.2) is 0 Å². The molecule has 0 aliphatic carbocycles. The van der Waals surface area contributed by atoms with Gasteiger partial charge in [0.2, 0.25) is 0 Å². The smallest absolute Gasteiger partial charge is 0.346 e. The molecule has 0 bridgehead atoms. The molecule has 0 aromatic carbocycles. The van der Waals surface area contributed by atoms with Gasteiger partial charge in [0.05, 0.1) is 6.61 Å². The molecule has 0 spiro atoms. The van der Waals surface area contributed by atoms with Crippen molar-refractivity contribution in [1.29, 1.82) is 0 Å². The Morgan fingerprint density at radius 1 is 1.77 bits per heavy atom. The molecule has 0 radical (unpaired) electrons. The lowest BCUT2D eigenvalue weighted by Crippen LogP contribution is -2.06. The molecule has 0 fully saturated rings. The third-order valence-corrected chi connectivity index (χ3v) is 1.85. The fraction of sp³-hybridized carbons (Fsp3) is 0.500. The Labute approximate surface area is 78.9 Å². The fourth-order valence-corrected chi connectivity index (χ4v) is 1.35. The zero-order valence-electron chi connectivity index (χ0n) is 6.90. The molecule has 0 unspecified atom stereocenters. The largest absolute Gasteiger partial charge is 0.392 e. The van der Waals surface area contributed by atoms with Crippen molar-refractivity contribution in [2.45, 2.75) is 13.5 Å². The molecule has 1 aromatic rings. The van der Waals surface area contributed by atoms with E-state index in [1.54, 1.807) is 0 Å². The van der Waals surface area contributed by atoms with Crippen LogP contribution in [0.1, 0.15) is 5.69 Å². The van der Waals surface area contributed by atoms with Gasteiger partial charge >= 0.3 is 5.82 Å². The van der Waals surface area contributed by atoms with E-state index in [2.05, 4.69) is 4.98 Å². The normalized spacial score (nSPS) is 10.4. The molecular weight excluding hydrogens is 198 g/mol. The van der Waals surface area contributed by atoms with Crippen LogP contribution in [0, 0.1) is 17.0 Å². The number of hydrogen-bond donors (Lipinski definition) is 1. The number of aliphatic hydroxyl groups excluding tert-OH is 1. The van der Waals surface area contributed by atoms with E-state index in [4.69, 9.17) is 16.7 Å². The molecule has 0 saturated carbocycles. The summed E-state index contributed by atoms with van der Waals surface area (Å²) >= 11 is 5.61. The van der Waals surface area contributed by atoms with Crippen molar-refractivity contribution in [3.8, 4) is 0 Å². The summed E-state index contributed by atoms with van der Waals surface area (Å²) in [5, 5.41) is 19.2. The van der Waals surface area contributed by atoms with E-state index in [1.165, 1.54) is 6.92 Å². The maximum Gasteiger partial charge on any atom is 0.346 e. The van der Waals surface area contributed by atoms with E-state index in [0.717, 1.165) is 4.57 Å². The van der Waals surface area contributed by atoms with Crippen molar-refractivity contribution < 1.29 is 10.0 Å². The number of imidazole rings is 1. The van der Waals surface area contributed by atoms with Crippen molar-refractivity contribution in [3.63, 3.8) is 0 Å². The van der Waals surface area contributed by atoms with Gasteiger partial charge in [0, 0.05) is 0 Å². The van der Waals surface area contributed by atoms with Crippen molar-refractivity contribution >= 4 is 17.4 Å². The molecule has 6 nitrogen and oxygen atoms in total. The van der Waals surface area contributed by atoms with Crippen LogP contribution >= 0.6 is 11.6 Å². The van der Waals surface area contributed by atoms with Crippen LogP contribution < -0.4 is 0 Å². The van der Waals surface area contributed by atoms with Gasteiger partial charge in [0.25, 0.3) is 5.28 Å². The summed E-state index contributed by atoms with van der Waals surface area (Å²) in [5.74, 6) is -0.168. The molecule has 0 atom stereocenters.